The first-order valence-corrected chi connectivity index (χ1v) is 16.0. The van der Waals surface area contributed by atoms with E-state index in [4.69, 9.17) is 9.15 Å². The van der Waals surface area contributed by atoms with Gasteiger partial charge < -0.3 is 18.2 Å². The molecule has 0 radical (unpaired) electrons. The van der Waals surface area contributed by atoms with E-state index in [1.807, 2.05) is 6.92 Å². The third-order valence-corrected chi connectivity index (χ3v) is 7.84. The lowest BCUT2D eigenvalue weighted by Gasteiger charge is -2.21. The number of ketones is 1. The van der Waals surface area contributed by atoms with Gasteiger partial charge in [-0.05, 0) is 81.2 Å². The number of carbonyl (C=O) groups is 1. The molecule has 3 aromatic rings. The molecular weight excluding hydrogens is 571 g/mol. The number of benzene rings is 2. The van der Waals surface area contributed by atoms with Gasteiger partial charge in [-0.25, -0.2) is 0 Å². The van der Waals surface area contributed by atoms with E-state index in [1.54, 1.807) is 24.3 Å². The molecule has 0 fully saturated rings. The van der Waals surface area contributed by atoms with Crippen LogP contribution in [0, 0.1) is 0 Å². The summed E-state index contributed by atoms with van der Waals surface area (Å²) in [5, 5.41) is 0.178. The van der Waals surface area contributed by atoms with Gasteiger partial charge in [-0.2, -0.15) is 21.6 Å². The van der Waals surface area contributed by atoms with Crippen molar-refractivity contribution in [2.24, 2.45) is 0 Å². The predicted molar refractivity (Wildman–Crippen MR) is 157 cm³/mol. The molecule has 42 heavy (non-hydrogen) atoms. The summed E-state index contributed by atoms with van der Waals surface area (Å²) < 4.78 is 77.7. The molecule has 1 aromatic heterocycles. The Labute approximate surface area is 246 Å². The van der Waals surface area contributed by atoms with Gasteiger partial charge in [0.05, 0.1) is 12.2 Å². The molecule has 0 bridgehead atoms. The van der Waals surface area contributed by atoms with E-state index < -0.39 is 27.2 Å². The highest BCUT2D eigenvalue weighted by atomic mass is 32.2. The molecule has 0 saturated carbocycles. The van der Waals surface area contributed by atoms with Crippen LogP contribution in [0.4, 0.5) is 13.2 Å². The summed E-state index contributed by atoms with van der Waals surface area (Å²) in [5.41, 5.74) is -4.84. The molecule has 3 rings (SSSR count). The normalized spacial score (nSPS) is 12.3. The zero-order valence-corrected chi connectivity index (χ0v) is 25.3. The van der Waals surface area contributed by atoms with Crippen molar-refractivity contribution in [1.29, 1.82) is 0 Å². The minimum Gasteiger partial charge on any atom is -0.494 e. The van der Waals surface area contributed by atoms with Crippen LogP contribution in [-0.2, 0) is 16.5 Å². The lowest BCUT2D eigenvalue weighted by Crippen LogP contribution is -2.28. The number of rotatable bonds is 18. The van der Waals surface area contributed by atoms with E-state index in [0.29, 0.717) is 36.5 Å². The molecular formula is C31H40F3NO6S. The van der Waals surface area contributed by atoms with Crippen molar-refractivity contribution in [2.75, 3.05) is 26.2 Å². The number of unbranched alkanes of at least 4 members (excludes halogenated alkanes) is 3. The molecule has 7 nitrogen and oxygen atoms in total. The van der Waals surface area contributed by atoms with Gasteiger partial charge in [-0.1, -0.05) is 40.0 Å². The van der Waals surface area contributed by atoms with Crippen LogP contribution in [0.1, 0.15) is 87.4 Å². The van der Waals surface area contributed by atoms with Crippen molar-refractivity contribution < 1.29 is 39.7 Å². The summed E-state index contributed by atoms with van der Waals surface area (Å²) >= 11 is 0. The van der Waals surface area contributed by atoms with Crippen molar-refractivity contribution in [3.05, 3.63) is 59.4 Å². The van der Waals surface area contributed by atoms with Crippen LogP contribution in [-0.4, -0.2) is 50.9 Å². The lowest BCUT2D eigenvalue weighted by atomic mass is 9.98. The van der Waals surface area contributed by atoms with Gasteiger partial charge in [0.25, 0.3) is 0 Å². The second-order valence-electron chi connectivity index (χ2n) is 10.2. The fourth-order valence-electron chi connectivity index (χ4n) is 4.54. The maximum Gasteiger partial charge on any atom is 0.534 e. The number of ether oxygens (including phenoxy) is 1. The summed E-state index contributed by atoms with van der Waals surface area (Å²) in [6.07, 6.45) is 7.52. The number of halogens is 3. The Hall–Kier alpha value is -3.05. The van der Waals surface area contributed by atoms with E-state index in [2.05, 4.69) is 22.9 Å². The molecule has 1 heterocycles. The number of aryl methyl sites for hydroxylation is 1. The van der Waals surface area contributed by atoms with Crippen LogP contribution in [0.15, 0.2) is 46.9 Å². The molecule has 0 unspecified atom stereocenters. The molecule has 0 N–H and O–H groups in total. The standard InChI is InChI=1S/C31H40F3NO6S/c1-4-7-11-28-29(26-22-25(16-17-27(26)40-28)41-42(37,38)31(32,33)34)30(36)23-12-14-24(15-13-23)39-21-10-20-35(18-8-5-2)19-9-6-3/h12-17,22H,4-11,18-21H2,1-3H3. The molecule has 0 saturated heterocycles. The zero-order chi connectivity index (χ0) is 30.8. The van der Waals surface area contributed by atoms with Crippen LogP contribution in [0.3, 0.4) is 0 Å². The minimum absolute atomic E-state index is 0.168. The van der Waals surface area contributed by atoms with Crippen LogP contribution < -0.4 is 8.92 Å². The molecule has 11 heteroatoms. The summed E-state index contributed by atoms with van der Waals surface area (Å²) in [6.45, 7) is 10.0. The first-order chi connectivity index (χ1) is 20.0. The van der Waals surface area contributed by atoms with Crippen LogP contribution in [0.5, 0.6) is 11.5 Å². The van der Waals surface area contributed by atoms with Crippen LogP contribution in [0.25, 0.3) is 11.0 Å². The number of furan rings is 1. The Morgan fingerprint density at radius 1 is 0.857 bits per heavy atom. The van der Waals surface area contributed by atoms with Gasteiger partial charge in [0.15, 0.2) is 5.78 Å². The predicted octanol–water partition coefficient (Wildman–Crippen LogP) is 7.91. The van der Waals surface area contributed by atoms with Crippen molar-refractivity contribution in [1.82, 2.24) is 4.90 Å². The van der Waals surface area contributed by atoms with Gasteiger partial charge in [-0.15, -0.1) is 0 Å². The van der Waals surface area contributed by atoms with Crippen molar-refractivity contribution in [3.8, 4) is 11.5 Å². The number of hydrogen-bond acceptors (Lipinski definition) is 7. The molecule has 0 aliphatic heterocycles. The number of fused-ring (bicyclic) bond motifs is 1. The molecule has 0 spiro atoms. The van der Waals surface area contributed by atoms with E-state index >= 15 is 0 Å². The minimum atomic E-state index is -5.87. The van der Waals surface area contributed by atoms with E-state index in [1.165, 1.54) is 18.9 Å². The number of nitrogens with zero attached hydrogens (tertiary/aromatic N) is 1. The topological polar surface area (TPSA) is 86.0 Å². The highest BCUT2D eigenvalue weighted by molar-refractivity contribution is 7.88. The van der Waals surface area contributed by atoms with E-state index in [9.17, 15) is 26.4 Å². The second kappa shape index (κ2) is 15.4. The Kier molecular flexibility index (Phi) is 12.3. The van der Waals surface area contributed by atoms with Gasteiger partial charge in [0.2, 0.25) is 0 Å². The average molecular weight is 612 g/mol. The average Bonchev–Trinajstić information content (AvgIpc) is 3.31. The SMILES string of the molecule is CCCCc1oc2ccc(OS(=O)(=O)C(F)(F)F)cc2c1C(=O)c1ccc(OCCCN(CCCC)CCCC)cc1. The maximum absolute atomic E-state index is 13.6. The maximum atomic E-state index is 13.6. The highest BCUT2D eigenvalue weighted by Gasteiger charge is 2.48. The van der Waals surface area contributed by atoms with Gasteiger partial charge in [0.1, 0.15) is 22.8 Å². The summed E-state index contributed by atoms with van der Waals surface area (Å²) in [4.78, 5) is 16.1. The molecule has 0 amide bonds. The summed E-state index contributed by atoms with van der Waals surface area (Å²) in [6, 6.07) is 10.1. The highest BCUT2D eigenvalue weighted by Crippen LogP contribution is 2.34. The van der Waals surface area contributed by atoms with Crippen molar-refractivity contribution >= 4 is 26.9 Å². The second-order valence-corrected chi connectivity index (χ2v) is 11.8. The molecule has 2 aromatic carbocycles. The smallest absolute Gasteiger partial charge is 0.494 e. The van der Waals surface area contributed by atoms with E-state index in [-0.39, 0.29) is 16.5 Å². The van der Waals surface area contributed by atoms with E-state index in [0.717, 1.165) is 57.5 Å². The number of carbonyl (C=O) groups excluding carboxylic acids is 1. The number of hydrogen-bond donors (Lipinski definition) is 0. The fraction of sp³-hybridized carbons (Fsp3) is 0.516. The Bertz CT molecular complexity index is 1390. The third-order valence-electron chi connectivity index (χ3n) is 6.87. The fourth-order valence-corrected chi connectivity index (χ4v) is 4.99. The number of alkyl halides is 3. The van der Waals surface area contributed by atoms with Crippen molar-refractivity contribution in [3.63, 3.8) is 0 Å². The van der Waals surface area contributed by atoms with Gasteiger partial charge >= 0.3 is 15.6 Å². The van der Waals surface area contributed by atoms with Crippen molar-refractivity contribution in [2.45, 2.75) is 77.6 Å². The third kappa shape index (κ3) is 8.97. The summed E-state index contributed by atoms with van der Waals surface area (Å²) in [7, 11) is -5.87. The zero-order valence-electron chi connectivity index (χ0n) is 24.5. The monoisotopic (exact) mass is 611 g/mol. The molecule has 0 aliphatic rings. The Balaban J connectivity index is 1.76. The van der Waals surface area contributed by atoms with Crippen LogP contribution >= 0.6 is 0 Å². The Morgan fingerprint density at radius 2 is 1.45 bits per heavy atom. The van der Waals surface area contributed by atoms with Crippen LogP contribution in [0.2, 0.25) is 0 Å². The lowest BCUT2D eigenvalue weighted by molar-refractivity contribution is -0.0500. The first kappa shape index (κ1) is 33.5. The largest absolute Gasteiger partial charge is 0.534 e. The Morgan fingerprint density at radius 3 is 2.05 bits per heavy atom. The molecule has 232 valence electrons. The first-order valence-electron chi connectivity index (χ1n) is 14.6. The van der Waals surface area contributed by atoms with Gasteiger partial charge in [0, 0.05) is 23.9 Å². The van der Waals surface area contributed by atoms with Gasteiger partial charge in [-0.3, -0.25) is 4.79 Å². The quantitative estimate of drug-likeness (QED) is 0.0625. The molecule has 0 aliphatic carbocycles. The molecule has 0 atom stereocenters. The summed E-state index contributed by atoms with van der Waals surface area (Å²) in [5.74, 6) is 0.0355.